The number of hydrogen-bond acceptors (Lipinski definition) is 4. The zero-order chi connectivity index (χ0) is 11.1. The maximum absolute atomic E-state index is 8.45. The molecule has 0 aliphatic carbocycles. The topological polar surface area (TPSA) is 79.9 Å². The number of hydrogen-bond donors (Lipinski definition) is 3. The highest BCUT2D eigenvalue weighted by molar-refractivity contribution is 5.97. The van der Waals surface area contributed by atoms with E-state index in [4.69, 9.17) is 15.7 Å². The SMILES string of the molecule is CNCCOc1ccc(C(N)=NO)cc1. The second kappa shape index (κ2) is 5.87. The maximum atomic E-state index is 8.45. The van der Waals surface area contributed by atoms with E-state index in [9.17, 15) is 0 Å². The van der Waals surface area contributed by atoms with Gasteiger partial charge in [-0.25, -0.2) is 0 Å². The smallest absolute Gasteiger partial charge is 0.170 e. The van der Waals surface area contributed by atoms with Gasteiger partial charge >= 0.3 is 0 Å². The first-order valence-corrected chi connectivity index (χ1v) is 4.63. The van der Waals surface area contributed by atoms with Gasteiger partial charge < -0.3 is 21.0 Å². The molecule has 0 spiro atoms. The van der Waals surface area contributed by atoms with Gasteiger partial charge in [0.15, 0.2) is 5.84 Å². The third-order valence-electron chi connectivity index (χ3n) is 1.88. The molecular formula is C10H15N3O2. The summed E-state index contributed by atoms with van der Waals surface area (Å²) in [5.41, 5.74) is 6.08. The molecule has 0 radical (unpaired) electrons. The lowest BCUT2D eigenvalue weighted by Gasteiger charge is -2.06. The van der Waals surface area contributed by atoms with Crippen LogP contribution in [0.1, 0.15) is 5.56 Å². The first-order chi connectivity index (χ1) is 7.27. The van der Waals surface area contributed by atoms with Crippen LogP contribution in [0.2, 0.25) is 0 Å². The van der Waals surface area contributed by atoms with Gasteiger partial charge in [0.25, 0.3) is 0 Å². The van der Waals surface area contributed by atoms with Gasteiger partial charge in [-0.1, -0.05) is 5.16 Å². The lowest BCUT2D eigenvalue weighted by molar-refractivity contribution is 0.317. The number of nitrogens with zero attached hydrogens (tertiary/aromatic N) is 1. The Hall–Kier alpha value is -1.75. The van der Waals surface area contributed by atoms with Gasteiger partial charge in [-0.05, 0) is 31.3 Å². The second-order valence-corrected chi connectivity index (χ2v) is 2.96. The summed E-state index contributed by atoms with van der Waals surface area (Å²) in [5.74, 6) is 0.858. The average Bonchev–Trinajstić information content (AvgIpc) is 2.29. The highest BCUT2D eigenvalue weighted by Gasteiger charge is 1.99. The van der Waals surface area contributed by atoms with E-state index in [2.05, 4.69) is 10.5 Å². The maximum Gasteiger partial charge on any atom is 0.170 e. The Morgan fingerprint density at radius 2 is 2.13 bits per heavy atom. The largest absolute Gasteiger partial charge is 0.492 e. The minimum absolute atomic E-state index is 0.0942. The van der Waals surface area contributed by atoms with Crippen molar-refractivity contribution in [3.05, 3.63) is 29.8 Å². The van der Waals surface area contributed by atoms with Crippen molar-refractivity contribution in [2.45, 2.75) is 0 Å². The molecule has 1 aromatic rings. The van der Waals surface area contributed by atoms with Crippen molar-refractivity contribution >= 4 is 5.84 Å². The van der Waals surface area contributed by atoms with Crippen molar-refractivity contribution < 1.29 is 9.94 Å². The zero-order valence-corrected chi connectivity index (χ0v) is 8.60. The van der Waals surface area contributed by atoms with Gasteiger partial charge in [0.2, 0.25) is 0 Å². The van der Waals surface area contributed by atoms with Crippen LogP contribution >= 0.6 is 0 Å². The van der Waals surface area contributed by atoms with Crippen LogP contribution in [0.25, 0.3) is 0 Å². The second-order valence-electron chi connectivity index (χ2n) is 2.96. The Bertz CT molecular complexity index is 322. The van der Waals surface area contributed by atoms with Crippen molar-refractivity contribution in [2.75, 3.05) is 20.2 Å². The van der Waals surface area contributed by atoms with Gasteiger partial charge in [0, 0.05) is 12.1 Å². The van der Waals surface area contributed by atoms with Gasteiger partial charge in [-0.2, -0.15) is 0 Å². The minimum Gasteiger partial charge on any atom is -0.492 e. The molecule has 0 unspecified atom stereocenters. The lowest BCUT2D eigenvalue weighted by Crippen LogP contribution is -2.16. The molecule has 0 aliphatic rings. The van der Waals surface area contributed by atoms with Crippen LogP contribution in [0, 0.1) is 0 Å². The molecule has 0 saturated carbocycles. The molecular weight excluding hydrogens is 194 g/mol. The summed E-state index contributed by atoms with van der Waals surface area (Å²) in [6.45, 7) is 1.40. The summed E-state index contributed by atoms with van der Waals surface area (Å²) in [7, 11) is 1.87. The van der Waals surface area contributed by atoms with Gasteiger partial charge in [0.05, 0.1) is 0 Å². The summed E-state index contributed by atoms with van der Waals surface area (Å²) in [4.78, 5) is 0. The number of rotatable bonds is 5. The molecule has 1 aromatic carbocycles. The molecule has 0 aliphatic heterocycles. The number of oxime groups is 1. The van der Waals surface area contributed by atoms with Crippen LogP contribution in [-0.2, 0) is 0 Å². The van der Waals surface area contributed by atoms with E-state index in [0.29, 0.717) is 12.2 Å². The minimum atomic E-state index is 0.0942. The summed E-state index contributed by atoms with van der Waals surface area (Å²) in [6, 6.07) is 7.04. The molecule has 5 heteroatoms. The van der Waals surface area contributed by atoms with Crippen LogP contribution in [0.5, 0.6) is 5.75 Å². The predicted molar refractivity (Wildman–Crippen MR) is 58.4 cm³/mol. The summed E-state index contributed by atoms with van der Waals surface area (Å²) in [6.07, 6.45) is 0. The van der Waals surface area contributed by atoms with Gasteiger partial charge in [0.1, 0.15) is 12.4 Å². The van der Waals surface area contributed by atoms with E-state index < -0.39 is 0 Å². The van der Waals surface area contributed by atoms with Crippen LogP contribution in [-0.4, -0.2) is 31.2 Å². The number of nitrogens with two attached hydrogens (primary N) is 1. The quantitative estimate of drug-likeness (QED) is 0.215. The van der Waals surface area contributed by atoms with E-state index in [1.54, 1.807) is 24.3 Å². The number of likely N-dealkylation sites (N-methyl/N-ethyl adjacent to an activating group) is 1. The molecule has 5 nitrogen and oxygen atoms in total. The molecule has 4 N–H and O–H groups in total. The van der Waals surface area contributed by atoms with E-state index in [0.717, 1.165) is 12.3 Å². The molecule has 82 valence electrons. The molecule has 0 amide bonds. The average molecular weight is 209 g/mol. The van der Waals surface area contributed by atoms with Gasteiger partial charge in [-0.15, -0.1) is 0 Å². The van der Waals surface area contributed by atoms with Crippen molar-refractivity contribution in [3.63, 3.8) is 0 Å². The standard InChI is InChI=1S/C10H15N3O2/c1-12-6-7-15-9-4-2-8(3-5-9)10(11)13-14/h2-5,12,14H,6-7H2,1H3,(H2,11,13). The van der Waals surface area contributed by atoms with Crippen LogP contribution in [0.4, 0.5) is 0 Å². The van der Waals surface area contributed by atoms with Crippen molar-refractivity contribution in [2.24, 2.45) is 10.9 Å². The van der Waals surface area contributed by atoms with E-state index in [1.165, 1.54) is 0 Å². The number of amidine groups is 1. The lowest BCUT2D eigenvalue weighted by atomic mass is 10.2. The first kappa shape index (κ1) is 11.3. The Morgan fingerprint density at radius 1 is 1.47 bits per heavy atom. The zero-order valence-electron chi connectivity index (χ0n) is 8.60. The molecule has 0 aromatic heterocycles. The Labute approximate surface area is 88.5 Å². The molecule has 0 bridgehead atoms. The van der Waals surface area contributed by atoms with E-state index in [-0.39, 0.29) is 5.84 Å². The normalized spacial score (nSPS) is 11.4. The monoisotopic (exact) mass is 209 g/mol. The summed E-state index contributed by atoms with van der Waals surface area (Å²) >= 11 is 0. The molecule has 0 fully saturated rings. The number of ether oxygens (including phenoxy) is 1. The van der Waals surface area contributed by atoms with Crippen LogP contribution in [0.3, 0.4) is 0 Å². The summed E-state index contributed by atoms with van der Waals surface area (Å²) in [5, 5.41) is 14.3. The number of benzene rings is 1. The number of nitrogens with one attached hydrogen (secondary N) is 1. The predicted octanol–water partition coefficient (Wildman–Crippen LogP) is 0.379. The summed E-state index contributed by atoms with van der Waals surface area (Å²) < 4.78 is 5.41. The Kier molecular flexibility index (Phi) is 4.43. The van der Waals surface area contributed by atoms with Crippen molar-refractivity contribution in [1.82, 2.24) is 5.32 Å². The first-order valence-electron chi connectivity index (χ1n) is 4.63. The molecule has 0 atom stereocenters. The fraction of sp³-hybridized carbons (Fsp3) is 0.300. The fourth-order valence-corrected chi connectivity index (χ4v) is 1.05. The van der Waals surface area contributed by atoms with E-state index in [1.807, 2.05) is 7.05 Å². The van der Waals surface area contributed by atoms with Crippen LogP contribution < -0.4 is 15.8 Å². The highest BCUT2D eigenvalue weighted by atomic mass is 16.5. The molecule has 15 heavy (non-hydrogen) atoms. The van der Waals surface area contributed by atoms with Crippen molar-refractivity contribution in [3.8, 4) is 5.75 Å². The van der Waals surface area contributed by atoms with Crippen LogP contribution in [0.15, 0.2) is 29.4 Å². The third-order valence-corrected chi connectivity index (χ3v) is 1.88. The molecule has 0 heterocycles. The van der Waals surface area contributed by atoms with Crippen molar-refractivity contribution in [1.29, 1.82) is 0 Å². The molecule has 1 rings (SSSR count). The van der Waals surface area contributed by atoms with E-state index >= 15 is 0 Å². The fourth-order valence-electron chi connectivity index (χ4n) is 1.05. The molecule has 0 saturated heterocycles. The Morgan fingerprint density at radius 3 is 2.67 bits per heavy atom. The Balaban J connectivity index is 2.56. The van der Waals surface area contributed by atoms with Gasteiger partial charge in [-0.3, -0.25) is 0 Å². The third kappa shape index (κ3) is 3.47. The highest BCUT2D eigenvalue weighted by Crippen LogP contribution is 2.11.